The van der Waals surface area contributed by atoms with E-state index in [2.05, 4.69) is 10.3 Å². The van der Waals surface area contributed by atoms with Crippen LogP contribution in [0.5, 0.6) is 0 Å². The molecule has 0 spiro atoms. The van der Waals surface area contributed by atoms with Crippen LogP contribution in [0.15, 0.2) is 16.1 Å². The number of fused-ring (bicyclic) bond motifs is 1. The molecule has 8 nitrogen and oxygen atoms in total. The smallest absolute Gasteiger partial charge is 0.329 e. The number of thioether (sulfide) groups is 1. The first kappa shape index (κ1) is 14.5. The summed E-state index contributed by atoms with van der Waals surface area (Å²) in [5.41, 5.74) is -0.376. The molecule has 0 atom stereocenters. The third-order valence-electron chi connectivity index (χ3n) is 2.56. The van der Waals surface area contributed by atoms with Gasteiger partial charge in [0.15, 0.2) is 5.16 Å². The molecule has 1 aliphatic rings. The van der Waals surface area contributed by atoms with Gasteiger partial charge in [0.1, 0.15) is 12.2 Å². The highest BCUT2D eigenvalue weighted by atomic mass is 32.2. The number of amides is 1. The number of rotatable bonds is 6. The highest BCUT2D eigenvalue weighted by Crippen LogP contribution is 2.20. The number of ether oxygens (including phenoxy) is 1. The number of carbonyl (C=O) groups excluding carboxylic acids is 1. The van der Waals surface area contributed by atoms with Gasteiger partial charge in [-0.3, -0.25) is 14.2 Å². The molecule has 1 aliphatic heterocycles. The van der Waals surface area contributed by atoms with Crippen LogP contribution in [0, 0.1) is 0 Å². The Hall–Kier alpha value is -1.87. The Morgan fingerprint density at radius 3 is 3.10 bits per heavy atom. The molecule has 1 amide bonds. The van der Waals surface area contributed by atoms with E-state index in [1.165, 1.54) is 22.5 Å². The average Bonchev–Trinajstić information content (AvgIpc) is 2.87. The monoisotopic (exact) mass is 299 g/mol. The molecule has 0 unspecified atom stereocenters. The number of aromatic nitrogens is 2. The summed E-state index contributed by atoms with van der Waals surface area (Å²) in [5, 5.41) is 11.5. The lowest BCUT2D eigenvalue weighted by Gasteiger charge is -2.06. The van der Waals surface area contributed by atoms with Crippen LogP contribution < -0.4 is 10.9 Å². The fraction of sp³-hybridized carbons (Fsp3) is 0.455. The van der Waals surface area contributed by atoms with Crippen molar-refractivity contribution < 1.29 is 19.4 Å². The topological polar surface area (TPSA) is 111 Å². The summed E-state index contributed by atoms with van der Waals surface area (Å²) in [6, 6.07) is 0. The van der Waals surface area contributed by atoms with Crippen LogP contribution in [0.1, 0.15) is 10.4 Å². The predicted molar refractivity (Wildman–Crippen MR) is 70.0 cm³/mol. The maximum atomic E-state index is 12.0. The molecule has 1 aromatic heterocycles. The van der Waals surface area contributed by atoms with Crippen molar-refractivity contribution in [2.45, 2.75) is 11.7 Å². The van der Waals surface area contributed by atoms with Crippen LogP contribution in [-0.4, -0.2) is 52.0 Å². The molecule has 0 bridgehead atoms. The lowest BCUT2D eigenvalue weighted by molar-refractivity contribution is -0.142. The molecule has 2 N–H and O–H groups in total. The standard InChI is InChI=1S/C11H13N3O5S/c15-8(16)6-19-3-1-12-9(17)7-5-13-11-14(10(7)18)2-4-20-11/h5H,1-4,6H2,(H,12,17)(H,15,16). The number of carboxylic acids is 1. The van der Waals surface area contributed by atoms with Gasteiger partial charge < -0.3 is 15.2 Å². The van der Waals surface area contributed by atoms with Gasteiger partial charge >= 0.3 is 5.97 Å². The van der Waals surface area contributed by atoms with Crippen LogP contribution >= 0.6 is 11.8 Å². The summed E-state index contributed by atoms with van der Waals surface area (Å²) in [6.45, 7) is 0.320. The Morgan fingerprint density at radius 1 is 1.55 bits per heavy atom. The van der Waals surface area contributed by atoms with Crippen molar-refractivity contribution in [3.05, 3.63) is 22.1 Å². The maximum Gasteiger partial charge on any atom is 0.329 e. The van der Waals surface area contributed by atoms with Gasteiger partial charge in [0.05, 0.1) is 6.61 Å². The van der Waals surface area contributed by atoms with Crippen LogP contribution in [-0.2, 0) is 16.1 Å². The number of carbonyl (C=O) groups is 2. The summed E-state index contributed by atoms with van der Waals surface area (Å²) in [5.74, 6) is -0.834. The number of aliphatic carboxylic acids is 1. The Labute approximate surface area is 118 Å². The number of hydrogen-bond acceptors (Lipinski definition) is 6. The number of carboxylic acid groups (broad SMARTS) is 1. The van der Waals surface area contributed by atoms with Crippen molar-refractivity contribution in [3.8, 4) is 0 Å². The highest BCUT2D eigenvalue weighted by Gasteiger charge is 2.19. The second-order valence-electron chi connectivity index (χ2n) is 3.96. The van der Waals surface area contributed by atoms with Crippen molar-refractivity contribution in [3.63, 3.8) is 0 Å². The number of nitrogens with one attached hydrogen (secondary N) is 1. The molecule has 9 heteroatoms. The van der Waals surface area contributed by atoms with E-state index in [9.17, 15) is 14.4 Å². The Morgan fingerprint density at radius 2 is 2.35 bits per heavy atom. The Balaban J connectivity index is 1.90. The molecule has 0 fully saturated rings. The maximum absolute atomic E-state index is 12.0. The Kier molecular flexibility index (Phi) is 4.74. The van der Waals surface area contributed by atoms with E-state index < -0.39 is 18.5 Å². The lowest BCUT2D eigenvalue weighted by Crippen LogP contribution is -2.35. The van der Waals surface area contributed by atoms with E-state index >= 15 is 0 Å². The second kappa shape index (κ2) is 6.53. The van der Waals surface area contributed by atoms with Gasteiger partial charge in [-0.25, -0.2) is 9.78 Å². The zero-order chi connectivity index (χ0) is 14.5. The highest BCUT2D eigenvalue weighted by molar-refractivity contribution is 7.99. The van der Waals surface area contributed by atoms with Crippen molar-refractivity contribution >= 4 is 23.6 Å². The number of hydrogen-bond donors (Lipinski definition) is 2. The van der Waals surface area contributed by atoms with Gasteiger partial charge in [0, 0.05) is 25.0 Å². The third-order valence-corrected chi connectivity index (χ3v) is 3.53. The molecule has 108 valence electrons. The summed E-state index contributed by atoms with van der Waals surface area (Å²) >= 11 is 1.47. The molecule has 20 heavy (non-hydrogen) atoms. The number of nitrogens with zero attached hydrogens (tertiary/aromatic N) is 2. The first-order valence-electron chi connectivity index (χ1n) is 5.90. The van der Waals surface area contributed by atoms with Crippen LogP contribution in [0.25, 0.3) is 0 Å². The van der Waals surface area contributed by atoms with Gasteiger partial charge in [-0.15, -0.1) is 0 Å². The van der Waals surface area contributed by atoms with Crippen LogP contribution in [0.4, 0.5) is 0 Å². The molecule has 2 rings (SSSR count). The SMILES string of the molecule is O=C(O)COCCNC(=O)c1cnc2n(c1=O)CCS2. The molecule has 0 saturated carbocycles. The van der Waals surface area contributed by atoms with E-state index in [0.29, 0.717) is 11.7 Å². The normalized spacial score (nSPS) is 13.0. The van der Waals surface area contributed by atoms with Gasteiger partial charge in [-0.2, -0.15) is 0 Å². The first-order chi connectivity index (χ1) is 9.59. The van der Waals surface area contributed by atoms with Crippen LogP contribution in [0.3, 0.4) is 0 Å². The molecule has 0 aliphatic carbocycles. The van der Waals surface area contributed by atoms with Crippen molar-refractivity contribution in [2.75, 3.05) is 25.5 Å². The predicted octanol–water partition coefficient (Wildman–Crippen LogP) is -0.820. The summed E-state index contributed by atoms with van der Waals surface area (Å²) in [7, 11) is 0. The third kappa shape index (κ3) is 3.36. The zero-order valence-corrected chi connectivity index (χ0v) is 11.3. The molecule has 0 saturated heterocycles. The molecule has 1 aromatic rings. The average molecular weight is 299 g/mol. The summed E-state index contributed by atoms with van der Waals surface area (Å²) in [4.78, 5) is 38.1. The minimum Gasteiger partial charge on any atom is -0.480 e. The molecule has 2 heterocycles. The van der Waals surface area contributed by atoms with E-state index in [1.807, 2.05) is 0 Å². The summed E-state index contributed by atoms with van der Waals surface area (Å²) < 4.78 is 6.24. The molecular weight excluding hydrogens is 286 g/mol. The largest absolute Gasteiger partial charge is 0.480 e. The quantitative estimate of drug-likeness (QED) is 0.521. The van der Waals surface area contributed by atoms with Gasteiger partial charge in [-0.05, 0) is 0 Å². The van der Waals surface area contributed by atoms with E-state index in [-0.39, 0.29) is 24.3 Å². The van der Waals surface area contributed by atoms with Crippen molar-refractivity contribution in [2.24, 2.45) is 0 Å². The van der Waals surface area contributed by atoms with Gasteiger partial charge in [0.25, 0.3) is 11.5 Å². The lowest BCUT2D eigenvalue weighted by atomic mass is 10.3. The fourth-order valence-corrected chi connectivity index (χ4v) is 2.58. The van der Waals surface area contributed by atoms with Gasteiger partial charge in [0.2, 0.25) is 0 Å². The second-order valence-corrected chi connectivity index (χ2v) is 5.02. The van der Waals surface area contributed by atoms with E-state index in [1.54, 1.807) is 0 Å². The Bertz CT molecular complexity index is 586. The van der Waals surface area contributed by atoms with E-state index in [4.69, 9.17) is 9.84 Å². The molecular formula is C11H13N3O5S. The fourth-order valence-electron chi connectivity index (χ4n) is 1.66. The van der Waals surface area contributed by atoms with E-state index in [0.717, 1.165) is 5.75 Å². The molecule has 0 aromatic carbocycles. The van der Waals surface area contributed by atoms with Gasteiger partial charge in [-0.1, -0.05) is 11.8 Å². The van der Waals surface area contributed by atoms with Crippen molar-refractivity contribution in [1.29, 1.82) is 0 Å². The minimum atomic E-state index is -1.07. The zero-order valence-electron chi connectivity index (χ0n) is 10.5. The van der Waals surface area contributed by atoms with Crippen LogP contribution in [0.2, 0.25) is 0 Å². The molecule has 0 radical (unpaired) electrons. The van der Waals surface area contributed by atoms with Crippen molar-refractivity contribution in [1.82, 2.24) is 14.9 Å². The summed E-state index contributed by atoms with van der Waals surface area (Å²) in [6.07, 6.45) is 1.26. The first-order valence-corrected chi connectivity index (χ1v) is 6.88. The minimum absolute atomic E-state index is 0.0190.